The molecule has 1 atom stereocenters. The van der Waals surface area contributed by atoms with Gasteiger partial charge in [-0.3, -0.25) is 0 Å². The summed E-state index contributed by atoms with van der Waals surface area (Å²) < 4.78 is 4.80. The van der Waals surface area contributed by atoms with E-state index in [0.29, 0.717) is 0 Å². The first-order chi connectivity index (χ1) is 4.35. The van der Waals surface area contributed by atoms with Crippen LogP contribution in [0.5, 0.6) is 0 Å². The second-order valence-electron chi connectivity index (χ2n) is 1.62. The van der Waals surface area contributed by atoms with Gasteiger partial charge in [-0.25, -0.2) is 5.11 Å². The van der Waals surface area contributed by atoms with Crippen LogP contribution in [0.3, 0.4) is 0 Å². The van der Waals surface area contributed by atoms with Crippen LogP contribution in [0.4, 0.5) is 0 Å². The van der Waals surface area contributed by atoms with Crippen molar-refractivity contribution in [2.45, 2.75) is 6.10 Å². The van der Waals surface area contributed by atoms with Crippen molar-refractivity contribution in [2.24, 2.45) is 5.73 Å². The third-order valence-electron chi connectivity index (χ3n) is 0.894. The second kappa shape index (κ2) is 5.97. The molecule has 0 aromatic heterocycles. The van der Waals surface area contributed by atoms with Gasteiger partial charge in [-0.15, -0.1) is 0 Å². The number of rotatable bonds is 5. The summed E-state index contributed by atoms with van der Waals surface area (Å²) in [7, 11) is 0. The molecule has 4 nitrogen and oxygen atoms in total. The van der Waals surface area contributed by atoms with Gasteiger partial charge in [0.15, 0.2) is 0 Å². The summed E-state index contributed by atoms with van der Waals surface area (Å²) in [6.45, 7) is 0.0284. The zero-order valence-electron chi connectivity index (χ0n) is 5.25. The van der Waals surface area contributed by atoms with Gasteiger partial charge in [-0.1, -0.05) is 0 Å². The van der Waals surface area contributed by atoms with E-state index in [9.17, 15) is 5.11 Å². The van der Waals surface area contributed by atoms with E-state index in [1.807, 2.05) is 0 Å². The Labute approximate surface area is 54.2 Å². The zero-order valence-corrected chi connectivity index (χ0v) is 5.25. The molecule has 0 aliphatic carbocycles. The Morgan fingerprint density at radius 3 is 2.67 bits per heavy atom. The van der Waals surface area contributed by atoms with E-state index >= 15 is 0 Å². The molecular weight excluding hydrogens is 122 g/mol. The molecule has 0 fully saturated rings. The Hall–Kier alpha value is -0.160. The molecule has 0 aromatic rings. The average molecular weight is 134 g/mol. The van der Waals surface area contributed by atoms with Crippen LogP contribution in [0.2, 0.25) is 0 Å². The third-order valence-corrected chi connectivity index (χ3v) is 0.894. The summed E-state index contributed by atoms with van der Waals surface area (Å²) in [5.74, 6) is 0. The SMILES string of the molecule is NCC(C[O])OCCO. The van der Waals surface area contributed by atoms with Gasteiger partial charge in [0.05, 0.1) is 19.3 Å². The summed E-state index contributed by atoms with van der Waals surface area (Å²) in [4.78, 5) is 0. The first-order valence-electron chi connectivity index (χ1n) is 2.85. The summed E-state index contributed by atoms with van der Waals surface area (Å²) in [5.41, 5.74) is 5.12. The number of nitrogens with two attached hydrogens (primary N) is 1. The molecule has 1 unspecified atom stereocenters. The predicted octanol–water partition coefficient (Wildman–Crippen LogP) is -1.25. The van der Waals surface area contributed by atoms with Crippen LogP contribution in [0.1, 0.15) is 0 Å². The van der Waals surface area contributed by atoms with Crippen LogP contribution in [0, 0.1) is 0 Å². The minimum atomic E-state index is -0.433. The quantitative estimate of drug-likeness (QED) is 0.493. The fourth-order valence-corrected chi connectivity index (χ4v) is 0.404. The topological polar surface area (TPSA) is 75.4 Å². The van der Waals surface area contributed by atoms with Crippen molar-refractivity contribution in [1.82, 2.24) is 0 Å². The van der Waals surface area contributed by atoms with Gasteiger partial charge in [-0.05, 0) is 0 Å². The number of hydrogen-bond donors (Lipinski definition) is 2. The molecule has 0 aliphatic rings. The molecule has 55 valence electrons. The van der Waals surface area contributed by atoms with Crippen molar-refractivity contribution in [3.8, 4) is 0 Å². The summed E-state index contributed by atoms with van der Waals surface area (Å²) >= 11 is 0. The molecule has 0 aliphatic heterocycles. The number of aliphatic hydroxyl groups is 1. The number of aliphatic hydroxyl groups excluding tert-OH is 1. The Morgan fingerprint density at radius 2 is 2.33 bits per heavy atom. The smallest absolute Gasteiger partial charge is 0.110 e. The van der Waals surface area contributed by atoms with E-state index in [0.717, 1.165) is 0 Å². The van der Waals surface area contributed by atoms with Crippen molar-refractivity contribution >= 4 is 0 Å². The summed E-state index contributed by atoms with van der Waals surface area (Å²) in [5, 5.41) is 18.3. The normalized spacial score (nSPS) is 13.7. The van der Waals surface area contributed by atoms with Crippen LogP contribution in [-0.4, -0.2) is 37.6 Å². The highest BCUT2D eigenvalue weighted by Gasteiger charge is 2.03. The van der Waals surface area contributed by atoms with Crippen molar-refractivity contribution in [3.63, 3.8) is 0 Å². The van der Waals surface area contributed by atoms with Gasteiger partial charge >= 0.3 is 0 Å². The fourth-order valence-electron chi connectivity index (χ4n) is 0.404. The molecule has 0 saturated heterocycles. The molecule has 1 radical (unpaired) electrons. The monoisotopic (exact) mass is 134 g/mol. The van der Waals surface area contributed by atoms with Gasteiger partial charge in [0.2, 0.25) is 0 Å². The van der Waals surface area contributed by atoms with E-state index in [4.69, 9.17) is 15.6 Å². The van der Waals surface area contributed by atoms with E-state index in [-0.39, 0.29) is 26.4 Å². The molecule has 0 saturated carbocycles. The Morgan fingerprint density at radius 1 is 1.67 bits per heavy atom. The Kier molecular flexibility index (Phi) is 5.86. The first-order valence-corrected chi connectivity index (χ1v) is 2.85. The van der Waals surface area contributed by atoms with Crippen LogP contribution in [0.25, 0.3) is 0 Å². The van der Waals surface area contributed by atoms with Crippen molar-refractivity contribution in [2.75, 3.05) is 26.4 Å². The first kappa shape index (κ1) is 8.84. The standard InChI is InChI=1S/C5H12NO3/c6-3-5(4-8)9-2-1-7/h5,7H,1-4,6H2. The fraction of sp³-hybridized carbons (Fsp3) is 1.00. The third kappa shape index (κ3) is 4.35. The Bertz CT molecular complexity index is 56.2. The molecule has 3 N–H and O–H groups in total. The molecule has 0 bridgehead atoms. The lowest BCUT2D eigenvalue weighted by Gasteiger charge is -2.09. The van der Waals surface area contributed by atoms with Crippen molar-refractivity contribution in [3.05, 3.63) is 0 Å². The molecule has 4 heteroatoms. The van der Waals surface area contributed by atoms with Gasteiger partial charge in [0, 0.05) is 6.54 Å². The Balaban J connectivity index is 3.09. The summed E-state index contributed by atoms with van der Waals surface area (Å²) in [6, 6.07) is 0. The molecule has 0 spiro atoms. The number of ether oxygens (including phenoxy) is 1. The highest BCUT2D eigenvalue weighted by Crippen LogP contribution is 1.85. The van der Waals surface area contributed by atoms with Crippen LogP contribution in [-0.2, 0) is 9.84 Å². The van der Waals surface area contributed by atoms with E-state index in [1.54, 1.807) is 0 Å². The van der Waals surface area contributed by atoms with Crippen LogP contribution in [0.15, 0.2) is 0 Å². The maximum Gasteiger partial charge on any atom is 0.110 e. The highest BCUT2D eigenvalue weighted by atomic mass is 16.5. The molecular formula is C5H12NO3. The maximum atomic E-state index is 10.1. The van der Waals surface area contributed by atoms with Crippen molar-refractivity contribution in [1.29, 1.82) is 0 Å². The van der Waals surface area contributed by atoms with E-state index < -0.39 is 6.10 Å². The lowest BCUT2D eigenvalue weighted by molar-refractivity contribution is -0.0162. The minimum absolute atomic E-state index is 0.0590. The zero-order chi connectivity index (χ0) is 7.11. The molecule has 0 rings (SSSR count). The van der Waals surface area contributed by atoms with Gasteiger partial charge in [0.25, 0.3) is 0 Å². The van der Waals surface area contributed by atoms with Crippen molar-refractivity contribution < 1.29 is 14.9 Å². The van der Waals surface area contributed by atoms with Gasteiger partial charge in [0.1, 0.15) is 6.61 Å². The maximum absolute atomic E-state index is 10.1. The van der Waals surface area contributed by atoms with E-state index in [2.05, 4.69) is 0 Å². The van der Waals surface area contributed by atoms with Gasteiger partial charge in [-0.2, -0.15) is 0 Å². The van der Waals surface area contributed by atoms with Gasteiger partial charge < -0.3 is 15.6 Å². The second-order valence-corrected chi connectivity index (χ2v) is 1.62. The highest BCUT2D eigenvalue weighted by molar-refractivity contribution is 4.53. The molecule has 0 heterocycles. The number of hydrogen-bond acceptors (Lipinski definition) is 3. The lowest BCUT2D eigenvalue weighted by Crippen LogP contribution is -2.27. The van der Waals surface area contributed by atoms with Crippen LogP contribution < -0.4 is 5.73 Å². The predicted molar refractivity (Wildman–Crippen MR) is 31.4 cm³/mol. The van der Waals surface area contributed by atoms with E-state index in [1.165, 1.54) is 0 Å². The average Bonchev–Trinajstić information content (AvgIpc) is 1.91. The largest absolute Gasteiger partial charge is 0.394 e. The molecule has 0 aromatic carbocycles. The molecule has 9 heavy (non-hydrogen) atoms. The molecule has 0 amide bonds. The summed E-state index contributed by atoms with van der Waals surface area (Å²) in [6.07, 6.45) is -0.433. The lowest BCUT2D eigenvalue weighted by atomic mass is 10.4. The van der Waals surface area contributed by atoms with Crippen LogP contribution >= 0.6 is 0 Å². The minimum Gasteiger partial charge on any atom is -0.394 e.